The minimum atomic E-state index is -4.15. The Hall–Kier alpha value is -4.94. The van der Waals surface area contributed by atoms with Crippen molar-refractivity contribution in [3.63, 3.8) is 0 Å². The van der Waals surface area contributed by atoms with Gasteiger partial charge in [0.15, 0.2) is 11.5 Å². The molecule has 0 unspecified atom stereocenters. The maximum absolute atomic E-state index is 13.6. The first-order chi connectivity index (χ1) is 22.8. The summed E-state index contributed by atoms with van der Waals surface area (Å²) in [4.78, 5) is 12.9. The SMILES string of the molecule is Cc1ccc(S(=O)(=O)O[C@H]2C[C@H](n3cnc4c(N)ncnc43)O[C@@H]2COC(c2ccccc2)(c2ccccc2)c2ccccc2)cc1. The number of anilines is 1. The first-order valence-corrected chi connectivity index (χ1v) is 16.6. The van der Waals surface area contributed by atoms with Crippen LogP contribution in [-0.4, -0.2) is 46.8 Å². The number of rotatable bonds is 10. The Balaban J connectivity index is 1.28. The molecule has 4 aromatic carbocycles. The van der Waals surface area contributed by atoms with Crippen molar-refractivity contribution in [1.29, 1.82) is 0 Å². The summed E-state index contributed by atoms with van der Waals surface area (Å²) >= 11 is 0. The molecule has 1 aliphatic rings. The normalized spacial score (nSPS) is 18.4. The first kappa shape index (κ1) is 30.7. The Morgan fingerprint density at radius 2 is 1.40 bits per heavy atom. The molecule has 2 aromatic heterocycles. The highest BCUT2D eigenvalue weighted by Gasteiger charge is 2.44. The molecule has 11 heteroatoms. The van der Waals surface area contributed by atoms with Crippen LogP contribution in [0.4, 0.5) is 5.82 Å². The molecule has 3 heterocycles. The summed E-state index contributed by atoms with van der Waals surface area (Å²) in [5, 5.41) is 0. The van der Waals surface area contributed by atoms with Crippen LogP contribution in [0.1, 0.15) is 34.9 Å². The third-order valence-corrected chi connectivity index (χ3v) is 9.79. The minimum absolute atomic E-state index is 0.00692. The van der Waals surface area contributed by atoms with E-state index in [0.717, 1.165) is 22.3 Å². The van der Waals surface area contributed by atoms with Crippen LogP contribution >= 0.6 is 0 Å². The number of benzene rings is 4. The lowest BCUT2D eigenvalue weighted by molar-refractivity contribution is -0.0897. The highest BCUT2D eigenvalue weighted by atomic mass is 32.2. The van der Waals surface area contributed by atoms with Gasteiger partial charge in [0.1, 0.15) is 35.9 Å². The van der Waals surface area contributed by atoms with Gasteiger partial charge in [0.2, 0.25) is 0 Å². The van der Waals surface area contributed by atoms with Crippen LogP contribution in [0, 0.1) is 6.92 Å². The molecule has 0 aliphatic carbocycles. The molecule has 1 saturated heterocycles. The van der Waals surface area contributed by atoms with E-state index >= 15 is 0 Å². The van der Waals surface area contributed by atoms with Gasteiger partial charge in [0.25, 0.3) is 10.1 Å². The Bertz CT molecular complexity index is 1980. The minimum Gasteiger partial charge on any atom is -0.382 e. The van der Waals surface area contributed by atoms with Crippen molar-refractivity contribution in [2.45, 2.75) is 42.3 Å². The third kappa shape index (κ3) is 5.90. The second-order valence-corrected chi connectivity index (χ2v) is 13.0. The van der Waals surface area contributed by atoms with Gasteiger partial charge in [-0.3, -0.25) is 8.75 Å². The van der Waals surface area contributed by atoms with E-state index in [9.17, 15) is 8.42 Å². The molecule has 7 rings (SSSR count). The quantitative estimate of drug-likeness (QED) is 0.145. The Morgan fingerprint density at radius 1 is 0.830 bits per heavy atom. The van der Waals surface area contributed by atoms with Crippen molar-refractivity contribution in [3.8, 4) is 0 Å². The number of nitrogens with zero attached hydrogens (tertiary/aromatic N) is 4. The number of nitrogen functional groups attached to an aromatic ring is 1. The van der Waals surface area contributed by atoms with Crippen LogP contribution in [0.2, 0.25) is 0 Å². The van der Waals surface area contributed by atoms with Crippen LogP contribution in [0.15, 0.2) is 133 Å². The monoisotopic (exact) mass is 647 g/mol. The van der Waals surface area contributed by atoms with Crippen molar-refractivity contribution >= 4 is 27.1 Å². The number of imidazole rings is 1. The smallest absolute Gasteiger partial charge is 0.297 e. The molecule has 1 fully saturated rings. The van der Waals surface area contributed by atoms with Gasteiger partial charge in [-0.05, 0) is 35.7 Å². The molecule has 2 N–H and O–H groups in total. The van der Waals surface area contributed by atoms with E-state index in [1.807, 2.05) is 97.9 Å². The van der Waals surface area contributed by atoms with Gasteiger partial charge in [0.05, 0.1) is 17.8 Å². The number of aryl methyl sites for hydroxylation is 1. The summed E-state index contributed by atoms with van der Waals surface area (Å²) in [7, 11) is -4.15. The van der Waals surface area contributed by atoms with Crippen molar-refractivity contribution in [1.82, 2.24) is 19.5 Å². The molecule has 238 valence electrons. The molecular formula is C36H33N5O5S. The molecule has 3 atom stereocenters. The molecule has 6 aromatic rings. The maximum atomic E-state index is 13.6. The summed E-state index contributed by atoms with van der Waals surface area (Å²) in [6, 6.07) is 36.4. The largest absolute Gasteiger partial charge is 0.382 e. The Morgan fingerprint density at radius 3 is 1.98 bits per heavy atom. The van der Waals surface area contributed by atoms with Gasteiger partial charge in [-0.2, -0.15) is 8.42 Å². The average molecular weight is 648 g/mol. The number of fused-ring (bicyclic) bond motifs is 1. The summed E-state index contributed by atoms with van der Waals surface area (Å²) in [5.41, 5.74) is 9.56. The van der Waals surface area contributed by atoms with Gasteiger partial charge in [-0.25, -0.2) is 15.0 Å². The van der Waals surface area contributed by atoms with Gasteiger partial charge in [0, 0.05) is 6.42 Å². The number of nitrogens with two attached hydrogens (primary N) is 1. The number of ether oxygens (including phenoxy) is 2. The number of hydrogen-bond acceptors (Lipinski definition) is 9. The summed E-state index contributed by atoms with van der Waals surface area (Å²) in [5.74, 6) is 0.236. The lowest BCUT2D eigenvalue weighted by Crippen LogP contribution is -2.39. The molecule has 0 saturated carbocycles. The summed E-state index contributed by atoms with van der Waals surface area (Å²) in [6.07, 6.45) is 0.742. The lowest BCUT2D eigenvalue weighted by atomic mass is 9.80. The highest BCUT2D eigenvalue weighted by molar-refractivity contribution is 7.86. The number of hydrogen-bond donors (Lipinski definition) is 1. The Kier molecular flexibility index (Phi) is 8.29. The third-order valence-electron chi connectivity index (χ3n) is 8.44. The Labute approximate surface area is 272 Å². The molecule has 0 radical (unpaired) electrons. The van der Waals surface area contributed by atoms with Crippen LogP contribution in [0.5, 0.6) is 0 Å². The molecule has 47 heavy (non-hydrogen) atoms. The summed E-state index contributed by atoms with van der Waals surface area (Å²) < 4.78 is 48.5. The van der Waals surface area contributed by atoms with Crippen LogP contribution in [0.3, 0.4) is 0 Å². The topological polar surface area (TPSA) is 131 Å². The first-order valence-electron chi connectivity index (χ1n) is 15.2. The average Bonchev–Trinajstić information content (AvgIpc) is 3.71. The predicted octanol–water partition coefficient (Wildman–Crippen LogP) is 5.79. The molecular weight excluding hydrogens is 614 g/mol. The number of aromatic nitrogens is 4. The van der Waals surface area contributed by atoms with Crippen LogP contribution in [-0.2, 0) is 29.4 Å². The van der Waals surface area contributed by atoms with Crippen LogP contribution < -0.4 is 5.73 Å². The molecule has 0 spiro atoms. The van der Waals surface area contributed by atoms with Crippen molar-refractivity contribution in [2.24, 2.45) is 0 Å². The lowest BCUT2D eigenvalue weighted by Gasteiger charge is -2.37. The van der Waals surface area contributed by atoms with Gasteiger partial charge in [-0.15, -0.1) is 0 Å². The molecule has 10 nitrogen and oxygen atoms in total. The maximum Gasteiger partial charge on any atom is 0.297 e. The van der Waals surface area contributed by atoms with E-state index in [0.29, 0.717) is 11.2 Å². The van der Waals surface area contributed by atoms with E-state index in [1.54, 1.807) is 23.0 Å². The predicted molar refractivity (Wildman–Crippen MR) is 177 cm³/mol. The van der Waals surface area contributed by atoms with Gasteiger partial charge in [-0.1, -0.05) is 109 Å². The fraction of sp³-hybridized carbons (Fsp3) is 0.194. The standard InChI is InChI=1S/C36H33N5O5S/c1-25-17-19-29(20-18-25)47(42,43)46-30-21-32(41-24-40-33-34(37)38-23-39-35(33)41)45-31(30)22-44-36(26-11-5-2-6-12-26,27-13-7-3-8-14-27)28-15-9-4-10-16-28/h2-20,23-24,30-32H,21-22H2,1H3,(H2,37,38,39)/t30-,31+,32+/m0/s1. The second-order valence-electron chi connectivity index (χ2n) is 11.4. The van der Waals surface area contributed by atoms with Crippen LogP contribution in [0.25, 0.3) is 11.2 Å². The van der Waals surface area contributed by atoms with Crippen molar-refractivity contribution in [2.75, 3.05) is 12.3 Å². The van der Waals surface area contributed by atoms with E-state index < -0.39 is 34.2 Å². The fourth-order valence-corrected chi connectivity index (χ4v) is 7.21. The van der Waals surface area contributed by atoms with Crippen molar-refractivity contribution < 1.29 is 22.1 Å². The van der Waals surface area contributed by atoms with E-state index in [-0.39, 0.29) is 23.7 Å². The molecule has 0 bridgehead atoms. The highest BCUT2D eigenvalue weighted by Crippen LogP contribution is 2.42. The zero-order valence-corrected chi connectivity index (χ0v) is 26.4. The zero-order chi connectivity index (χ0) is 32.4. The van der Waals surface area contributed by atoms with Gasteiger partial charge >= 0.3 is 0 Å². The zero-order valence-electron chi connectivity index (χ0n) is 25.6. The second kappa shape index (κ2) is 12.7. The van der Waals surface area contributed by atoms with E-state index in [1.165, 1.54) is 18.5 Å². The van der Waals surface area contributed by atoms with E-state index in [2.05, 4.69) is 15.0 Å². The fourth-order valence-electron chi connectivity index (χ4n) is 6.10. The molecule has 0 amide bonds. The van der Waals surface area contributed by atoms with E-state index in [4.69, 9.17) is 19.4 Å². The van der Waals surface area contributed by atoms with Gasteiger partial charge < -0.3 is 15.2 Å². The summed E-state index contributed by atoms with van der Waals surface area (Å²) in [6.45, 7) is 1.89. The molecule has 1 aliphatic heterocycles. The van der Waals surface area contributed by atoms with Crippen molar-refractivity contribution in [3.05, 3.63) is 150 Å².